The average Bonchev–Trinajstić information content (AvgIpc) is 3.15. The smallest absolute Gasteiger partial charge is 0.352 e. The molecule has 0 bridgehead atoms. The number of aromatic nitrogens is 3. The summed E-state index contributed by atoms with van der Waals surface area (Å²) in [4.78, 5) is 27.0. The van der Waals surface area contributed by atoms with Gasteiger partial charge in [0.15, 0.2) is 11.6 Å². The van der Waals surface area contributed by atoms with Crippen LogP contribution < -0.4 is 10.6 Å². The van der Waals surface area contributed by atoms with Gasteiger partial charge < -0.3 is 10.6 Å². The van der Waals surface area contributed by atoms with Crippen LogP contribution in [0.2, 0.25) is 0 Å². The van der Waals surface area contributed by atoms with Crippen molar-refractivity contribution in [2.45, 2.75) is 12.4 Å². The summed E-state index contributed by atoms with van der Waals surface area (Å²) < 4.78 is 89.3. The van der Waals surface area contributed by atoms with Crippen molar-refractivity contribution >= 4 is 29.3 Å². The van der Waals surface area contributed by atoms with Gasteiger partial charge in [0.1, 0.15) is 11.4 Å². The molecule has 2 aromatic heterocycles. The van der Waals surface area contributed by atoms with Crippen molar-refractivity contribution in [2.24, 2.45) is 0 Å². The minimum absolute atomic E-state index is 0.0488. The standard InChI is InChI=1S/C21H11F6N5O2/c22-20(23,24)17-8-11(4-6-29-17)31-19(34)14-9-30-32(18(14)21(25,26)27)16-3-1-2-12-13(16)5-7-28-15(12)10-33/h1-9,28H,(H,29,31,34)/i9D. The summed E-state index contributed by atoms with van der Waals surface area (Å²) in [5, 5.41) is 8.11. The summed E-state index contributed by atoms with van der Waals surface area (Å²) in [6, 6.07) is 5.42. The molecule has 1 aliphatic rings. The van der Waals surface area contributed by atoms with Crippen molar-refractivity contribution in [3.8, 4) is 5.69 Å². The molecule has 7 nitrogen and oxygen atoms in total. The van der Waals surface area contributed by atoms with Crippen molar-refractivity contribution < 1.29 is 37.3 Å². The van der Waals surface area contributed by atoms with Crippen LogP contribution >= 0.6 is 0 Å². The Bertz CT molecular complexity index is 1420. The van der Waals surface area contributed by atoms with Crippen LogP contribution in [0, 0.1) is 0 Å². The van der Waals surface area contributed by atoms with Gasteiger partial charge in [-0.3, -0.25) is 9.78 Å². The highest BCUT2D eigenvalue weighted by atomic mass is 19.4. The van der Waals surface area contributed by atoms with Gasteiger partial charge in [-0.25, -0.2) is 9.48 Å². The van der Waals surface area contributed by atoms with Gasteiger partial charge in [-0.2, -0.15) is 31.4 Å². The molecule has 2 N–H and O–H groups in total. The van der Waals surface area contributed by atoms with Gasteiger partial charge in [0.2, 0.25) is 0 Å². The van der Waals surface area contributed by atoms with Crippen LogP contribution in [0.15, 0.2) is 48.9 Å². The summed E-state index contributed by atoms with van der Waals surface area (Å²) in [5.41, 5.74) is -4.59. The summed E-state index contributed by atoms with van der Waals surface area (Å²) in [7, 11) is 0. The van der Waals surface area contributed by atoms with Crippen LogP contribution in [-0.2, 0) is 17.1 Å². The number of anilines is 1. The summed E-state index contributed by atoms with van der Waals surface area (Å²) >= 11 is 0. The van der Waals surface area contributed by atoms with E-state index in [9.17, 15) is 35.9 Å². The molecule has 174 valence electrons. The molecule has 1 aliphatic heterocycles. The predicted molar refractivity (Wildman–Crippen MR) is 107 cm³/mol. The zero-order valence-corrected chi connectivity index (χ0v) is 16.5. The molecular formula is C21H11F6N5O2. The van der Waals surface area contributed by atoms with E-state index < -0.39 is 47.1 Å². The van der Waals surface area contributed by atoms with Crippen molar-refractivity contribution in [3.05, 3.63) is 77.0 Å². The van der Waals surface area contributed by atoms with Crippen LogP contribution in [0.25, 0.3) is 17.5 Å². The molecule has 0 radical (unpaired) electrons. The number of rotatable bonds is 3. The highest BCUT2D eigenvalue weighted by Gasteiger charge is 2.41. The number of fused-ring (bicyclic) bond motifs is 1. The number of pyridine rings is 1. The number of carbonyl (C=O) groups is 1. The molecule has 1 amide bonds. The first kappa shape index (κ1) is 21.5. The normalized spacial score (nSPS) is 13.6. The van der Waals surface area contributed by atoms with E-state index in [-0.39, 0.29) is 22.5 Å². The number of nitrogens with one attached hydrogen (secondary N) is 2. The maximum absolute atomic E-state index is 14.1. The van der Waals surface area contributed by atoms with Crippen molar-refractivity contribution in [2.75, 3.05) is 5.32 Å². The number of amides is 1. The monoisotopic (exact) mass is 480 g/mol. The topological polar surface area (TPSA) is 88.9 Å². The molecule has 13 heteroatoms. The second kappa shape index (κ2) is 8.19. The number of alkyl halides is 6. The molecule has 3 heterocycles. The van der Waals surface area contributed by atoms with E-state index >= 15 is 0 Å². The van der Waals surface area contributed by atoms with Crippen LogP contribution in [0.5, 0.6) is 0 Å². The number of hydrogen-bond acceptors (Lipinski definition) is 5. The largest absolute Gasteiger partial charge is 0.434 e. The molecule has 0 saturated heterocycles. The summed E-state index contributed by atoms with van der Waals surface area (Å²) in [6.45, 7) is 0. The second-order valence-corrected chi connectivity index (χ2v) is 6.82. The molecular weight excluding hydrogens is 468 g/mol. The summed E-state index contributed by atoms with van der Waals surface area (Å²) in [5.74, 6) is 0.130. The molecule has 0 fully saturated rings. The molecule has 3 aromatic rings. The van der Waals surface area contributed by atoms with Gasteiger partial charge in [-0.1, -0.05) is 12.1 Å². The Balaban J connectivity index is 1.84. The number of halogens is 6. The number of hydrogen-bond donors (Lipinski definition) is 2. The fourth-order valence-electron chi connectivity index (χ4n) is 3.26. The lowest BCUT2D eigenvalue weighted by Crippen LogP contribution is -2.22. The third-order valence-corrected chi connectivity index (χ3v) is 4.67. The lowest BCUT2D eigenvalue weighted by molar-refractivity contribution is -0.143. The van der Waals surface area contributed by atoms with E-state index in [0.717, 1.165) is 12.3 Å². The zero-order valence-electron chi connectivity index (χ0n) is 17.5. The van der Waals surface area contributed by atoms with E-state index in [1.165, 1.54) is 30.5 Å². The zero-order chi connectivity index (χ0) is 25.5. The van der Waals surface area contributed by atoms with Crippen LogP contribution in [0.4, 0.5) is 32.0 Å². The highest BCUT2D eigenvalue weighted by molar-refractivity contribution is 6.05. The number of nitrogens with zero attached hydrogens (tertiary/aromatic N) is 3. The van der Waals surface area contributed by atoms with Gasteiger partial charge in [0.25, 0.3) is 5.91 Å². The fraction of sp³-hybridized carbons (Fsp3) is 0.0952. The first-order valence-electron chi connectivity index (χ1n) is 9.75. The third kappa shape index (κ3) is 4.16. The van der Waals surface area contributed by atoms with E-state index in [4.69, 9.17) is 1.37 Å². The van der Waals surface area contributed by atoms with Crippen molar-refractivity contribution in [1.82, 2.24) is 20.1 Å². The lowest BCUT2D eigenvalue weighted by Gasteiger charge is -2.19. The first-order chi connectivity index (χ1) is 16.4. The Kier molecular flexibility index (Phi) is 5.17. The van der Waals surface area contributed by atoms with Crippen molar-refractivity contribution in [1.29, 1.82) is 0 Å². The SMILES string of the molecule is [2H]c1nn(-c2cccc3c2C=CNC3=C=O)c(C(F)(F)F)c1C(=O)Nc1ccnc(C(F)(F)F)c1. The Morgan fingerprint density at radius 3 is 2.59 bits per heavy atom. The van der Waals surface area contributed by atoms with Crippen LogP contribution in [0.3, 0.4) is 0 Å². The van der Waals surface area contributed by atoms with Crippen LogP contribution in [-0.4, -0.2) is 26.6 Å². The Morgan fingerprint density at radius 1 is 1.15 bits per heavy atom. The summed E-state index contributed by atoms with van der Waals surface area (Å²) in [6.07, 6.45) is -7.74. The van der Waals surface area contributed by atoms with Gasteiger partial charge in [-0.05, 0) is 24.3 Å². The van der Waals surface area contributed by atoms with E-state index in [1.807, 2.05) is 5.32 Å². The molecule has 1 aromatic carbocycles. The minimum Gasteiger partial charge on any atom is -0.352 e. The maximum atomic E-state index is 14.1. The van der Waals surface area contributed by atoms with Gasteiger partial charge >= 0.3 is 12.4 Å². The fourth-order valence-corrected chi connectivity index (χ4v) is 3.26. The first-order valence-corrected chi connectivity index (χ1v) is 9.25. The second-order valence-electron chi connectivity index (χ2n) is 6.82. The van der Waals surface area contributed by atoms with E-state index in [0.29, 0.717) is 10.7 Å². The van der Waals surface area contributed by atoms with Crippen molar-refractivity contribution in [3.63, 3.8) is 0 Å². The molecule has 0 aliphatic carbocycles. The van der Waals surface area contributed by atoms with Crippen LogP contribution in [0.1, 0.15) is 34.2 Å². The maximum Gasteiger partial charge on any atom is 0.434 e. The quantitative estimate of drug-likeness (QED) is 0.431. The number of carbonyl (C=O) groups excluding carboxylic acids is 2. The number of benzene rings is 1. The Hall–Kier alpha value is -4.38. The minimum atomic E-state index is -5.20. The van der Waals surface area contributed by atoms with Gasteiger partial charge in [0.05, 0.1) is 18.8 Å². The van der Waals surface area contributed by atoms with E-state index in [2.05, 4.69) is 15.4 Å². The molecule has 34 heavy (non-hydrogen) atoms. The molecule has 0 spiro atoms. The van der Waals surface area contributed by atoms with E-state index in [1.54, 1.807) is 5.94 Å². The van der Waals surface area contributed by atoms with Gasteiger partial charge in [0, 0.05) is 29.2 Å². The Labute approximate surface area is 187 Å². The Morgan fingerprint density at radius 2 is 1.91 bits per heavy atom. The van der Waals surface area contributed by atoms with Gasteiger partial charge in [-0.15, -0.1) is 0 Å². The predicted octanol–water partition coefficient (Wildman–Crippen LogP) is 4.30. The molecule has 0 saturated carbocycles. The lowest BCUT2D eigenvalue weighted by atomic mass is 10.0. The molecule has 0 unspecified atom stereocenters. The highest BCUT2D eigenvalue weighted by Crippen LogP contribution is 2.36. The average molecular weight is 480 g/mol. The molecule has 0 atom stereocenters. The molecule has 4 rings (SSSR count). The third-order valence-electron chi connectivity index (χ3n) is 4.67.